The highest BCUT2D eigenvalue weighted by Gasteiger charge is 2.23. The van der Waals surface area contributed by atoms with Crippen molar-refractivity contribution in [3.63, 3.8) is 0 Å². The Morgan fingerprint density at radius 2 is 2.00 bits per heavy atom. The van der Waals surface area contributed by atoms with Crippen LogP contribution in [-0.2, 0) is 9.53 Å². The summed E-state index contributed by atoms with van der Waals surface area (Å²) in [5, 5.41) is 3.27. The number of ether oxygens (including phenoxy) is 1. The smallest absolute Gasteiger partial charge is 0.327 e. The van der Waals surface area contributed by atoms with Crippen molar-refractivity contribution in [3.05, 3.63) is 34.9 Å². The van der Waals surface area contributed by atoms with Gasteiger partial charge in [-0.25, -0.2) is 4.79 Å². The number of benzene rings is 1. The first kappa shape index (κ1) is 14.7. The van der Waals surface area contributed by atoms with Crippen LogP contribution in [0.25, 0.3) is 0 Å². The van der Waals surface area contributed by atoms with Crippen molar-refractivity contribution in [2.75, 3.05) is 6.61 Å². The van der Waals surface area contributed by atoms with Gasteiger partial charge in [-0.3, -0.25) is 5.32 Å². The molecule has 1 rings (SSSR count). The second kappa shape index (κ2) is 6.55. The molecule has 1 aromatic carbocycles. The lowest BCUT2D eigenvalue weighted by Crippen LogP contribution is -2.35. The van der Waals surface area contributed by atoms with Gasteiger partial charge in [-0.15, -0.1) is 0 Å². The van der Waals surface area contributed by atoms with E-state index in [4.69, 9.17) is 4.74 Å². The Bertz CT molecular complexity index is 413. The summed E-state index contributed by atoms with van der Waals surface area (Å²) in [6.45, 7) is 10.3. The summed E-state index contributed by atoms with van der Waals surface area (Å²) in [6.07, 6.45) is 0. The van der Waals surface area contributed by atoms with Crippen molar-refractivity contribution in [2.45, 2.75) is 46.7 Å². The Balaban J connectivity index is 3.04. The Morgan fingerprint density at radius 1 is 1.33 bits per heavy atom. The van der Waals surface area contributed by atoms with Gasteiger partial charge in [0.05, 0.1) is 6.61 Å². The van der Waals surface area contributed by atoms with Gasteiger partial charge in [0.15, 0.2) is 0 Å². The van der Waals surface area contributed by atoms with Gasteiger partial charge in [-0.05, 0) is 45.7 Å². The van der Waals surface area contributed by atoms with Crippen LogP contribution in [0.15, 0.2) is 18.2 Å². The summed E-state index contributed by atoms with van der Waals surface area (Å²) in [5.74, 6) is -0.210. The van der Waals surface area contributed by atoms with E-state index in [0.29, 0.717) is 6.61 Å². The molecule has 3 heteroatoms. The Kier molecular flexibility index (Phi) is 5.35. The van der Waals surface area contributed by atoms with Gasteiger partial charge >= 0.3 is 5.97 Å². The summed E-state index contributed by atoms with van der Waals surface area (Å²) in [4.78, 5) is 12.0. The fraction of sp³-hybridized carbons (Fsp3) is 0.533. The molecule has 0 saturated heterocycles. The van der Waals surface area contributed by atoms with Crippen LogP contribution in [-0.4, -0.2) is 18.6 Å². The molecule has 1 aromatic rings. The third-order valence-electron chi connectivity index (χ3n) is 2.76. The van der Waals surface area contributed by atoms with E-state index >= 15 is 0 Å². The highest BCUT2D eigenvalue weighted by molar-refractivity contribution is 5.78. The molecule has 1 unspecified atom stereocenters. The number of hydrogen-bond donors (Lipinski definition) is 1. The molecule has 0 aliphatic rings. The summed E-state index contributed by atoms with van der Waals surface area (Å²) in [7, 11) is 0. The van der Waals surface area contributed by atoms with Crippen LogP contribution in [0.4, 0.5) is 0 Å². The maximum Gasteiger partial charge on any atom is 0.327 e. The lowest BCUT2D eigenvalue weighted by atomic mass is 9.98. The summed E-state index contributed by atoms with van der Waals surface area (Å²) in [5.41, 5.74) is 3.30. The zero-order valence-corrected chi connectivity index (χ0v) is 11.9. The first-order valence-corrected chi connectivity index (χ1v) is 6.45. The fourth-order valence-corrected chi connectivity index (χ4v) is 1.99. The molecule has 100 valence electrons. The van der Waals surface area contributed by atoms with Gasteiger partial charge in [-0.2, -0.15) is 0 Å². The van der Waals surface area contributed by atoms with E-state index in [0.717, 1.165) is 11.1 Å². The molecule has 3 nitrogen and oxygen atoms in total. The van der Waals surface area contributed by atoms with Crippen molar-refractivity contribution >= 4 is 5.97 Å². The maximum atomic E-state index is 12.0. The molecule has 0 fully saturated rings. The maximum absolute atomic E-state index is 12.0. The second-order valence-electron chi connectivity index (χ2n) is 4.87. The van der Waals surface area contributed by atoms with Crippen molar-refractivity contribution < 1.29 is 9.53 Å². The largest absolute Gasteiger partial charge is 0.465 e. The van der Waals surface area contributed by atoms with Crippen molar-refractivity contribution in [2.24, 2.45) is 0 Å². The molecule has 0 aliphatic carbocycles. The van der Waals surface area contributed by atoms with Gasteiger partial charge in [0.2, 0.25) is 0 Å². The molecule has 0 aliphatic heterocycles. The van der Waals surface area contributed by atoms with Crippen molar-refractivity contribution in [1.29, 1.82) is 0 Å². The van der Waals surface area contributed by atoms with E-state index in [1.807, 2.05) is 46.8 Å². The molecule has 0 aromatic heterocycles. The lowest BCUT2D eigenvalue weighted by molar-refractivity contribution is -0.146. The Hall–Kier alpha value is -1.35. The van der Waals surface area contributed by atoms with E-state index in [-0.39, 0.29) is 18.1 Å². The fourth-order valence-electron chi connectivity index (χ4n) is 1.99. The minimum absolute atomic E-state index is 0.210. The number of carbonyl (C=O) groups is 1. The van der Waals surface area contributed by atoms with Crippen LogP contribution in [0.3, 0.4) is 0 Å². The summed E-state index contributed by atoms with van der Waals surface area (Å²) < 4.78 is 5.14. The number of aryl methyl sites for hydroxylation is 2. The van der Waals surface area contributed by atoms with Crippen LogP contribution in [0.5, 0.6) is 0 Å². The van der Waals surface area contributed by atoms with E-state index < -0.39 is 0 Å². The van der Waals surface area contributed by atoms with Gasteiger partial charge < -0.3 is 4.74 Å². The zero-order valence-electron chi connectivity index (χ0n) is 11.9. The highest BCUT2D eigenvalue weighted by Crippen LogP contribution is 2.21. The predicted molar refractivity (Wildman–Crippen MR) is 73.6 cm³/mol. The van der Waals surface area contributed by atoms with E-state index in [1.165, 1.54) is 5.56 Å². The molecule has 0 bridgehead atoms. The molecule has 18 heavy (non-hydrogen) atoms. The molecule has 1 N–H and O–H groups in total. The Labute approximate surface area is 110 Å². The van der Waals surface area contributed by atoms with E-state index in [2.05, 4.69) is 11.4 Å². The highest BCUT2D eigenvalue weighted by atomic mass is 16.5. The standard InChI is InChI=1S/C15H23NO2/c1-6-18-15(17)14(16-10(2)3)13-8-7-11(4)9-12(13)5/h7-10,14,16H,6H2,1-5H3. The molecular formula is C15H23NO2. The van der Waals surface area contributed by atoms with E-state index in [1.54, 1.807) is 0 Å². The van der Waals surface area contributed by atoms with Gasteiger partial charge in [0, 0.05) is 6.04 Å². The number of nitrogens with one attached hydrogen (secondary N) is 1. The summed E-state index contributed by atoms with van der Waals surface area (Å²) >= 11 is 0. The van der Waals surface area contributed by atoms with Crippen LogP contribution >= 0.6 is 0 Å². The Morgan fingerprint density at radius 3 is 2.50 bits per heavy atom. The summed E-state index contributed by atoms with van der Waals surface area (Å²) in [6, 6.07) is 5.95. The quantitative estimate of drug-likeness (QED) is 0.815. The molecule has 0 saturated carbocycles. The van der Waals surface area contributed by atoms with E-state index in [9.17, 15) is 4.79 Å². The number of rotatable bonds is 5. The third-order valence-corrected chi connectivity index (χ3v) is 2.76. The van der Waals surface area contributed by atoms with Gasteiger partial charge in [-0.1, -0.05) is 23.8 Å². The minimum atomic E-state index is -0.384. The number of hydrogen-bond acceptors (Lipinski definition) is 3. The van der Waals surface area contributed by atoms with Crippen molar-refractivity contribution in [3.8, 4) is 0 Å². The first-order valence-electron chi connectivity index (χ1n) is 6.45. The molecule has 0 amide bonds. The second-order valence-corrected chi connectivity index (χ2v) is 4.87. The van der Waals surface area contributed by atoms with Gasteiger partial charge in [0.25, 0.3) is 0 Å². The SMILES string of the molecule is CCOC(=O)C(NC(C)C)c1ccc(C)cc1C. The average molecular weight is 249 g/mol. The van der Waals surface area contributed by atoms with Crippen LogP contribution in [0.1, 0.15) is 43.5 Å². The first-order chi connectivity index (χ1) is 8.45. The number of carbonyl (C=O) groups excluding carboxylic acids is 1. The molecule has 0 heterocycles. The average Bonchev–Trinajstić information content (AvgIpc) is 2.26. The normalized spacial score (nSPS) is 12.6. The zero-order chi connectivity index (χ0) is 13.7. The molecule has 1 atom stereocenters. The molecular weight excluding hydrogens is 226 g/mol. The van der Waals surface area contributed by atoms with Crippen LogP contribution in [0, 0.1) is 13.8 Å². The van der Waals surface area contributed by atoms with Crippen LogP contribution < -0.4 is 5.32 Å². The van der Waals surface area contributed by atoms with Crippen LogP contribution in [0.2, 0.25) is 0 Å². The molecule has 0 radical (unpaired) electrons. The topological polar surface area (TPSA) is 38.3 Å². The van der Waals surface area contributed by atoms with Gasteiger partial charge in [0.1, 0.15) is 6.04 Å². The number of esters is 1. The third kappa shape index (κ3) is 3.84. The predicted octanol–water partition coefficient (Wildman–Crippen LogP) is 2.91. The lowest BCUT2D eigenvalue weighted by Gasteiger charge is -2.22. The van der Waals surface area contributed by atoms with Crippen molar-refractivity contribution in [1.82, 2.24) is 5.32 Å². The molecule has 0 spiro atoms. The monoisotopic (exact) mass is 249 g/mol. The minimum Gasteiger partial charge on any atom is -0.465 e.